The quantitative estimate of drug-likeness (QED) is 0.0473. The zero-order valence-corrected chi connectivity index (χ0v) is 28.2. The van der Waals surface area contributed by atoms with Gasteiger partial charge in [0.1, 0.15) is 12.2 Å². The zero-order chi connectivity index (χ0) is 37.6. The number of isocyanates is 2. The van der Waals surface area contributed by atoms with Crippen molar-refractivity contribution in [3.8, 4) is 0 Å². The summed E-state index contributed by atoms with van der Waals surface area (Å²) in [6.07, 6.45) is 7.53. The van der Waals surface area contributed by atoms with Gasteiger partial charge in [0, 0.05) is 12.8 Å². The van der Waals surface area contributed by atoms with Crippen LogP contribution >= 0.6 is 0 Å². The number of hydrogen-bond acceptors (Lipinski definition) is 18. The van der Waals surface area contributed by atoms with Crippen molar-refractivity contribution >= 4 is 60.5 Å². The first kappa shape index (κ1) is 50.1. The molecule has 0 N–H and O–H groups in total. The fourth-order valence-corrected chi connectivity index (χ4v) is 2.40. The molecular weight excluding hydrogens is 644 g/mol. The Morgan fingerprint density at radius 3 is 0.875 bits per heavy atom. The topological polar surface area (TPSA) is 257 Å². The van der Waals surface area contributed by atoms with E-state index in [0.717, 1.165) is 38.2 Å². The molecule has 0 spiro atoms. The van der Waals surface area contributed by atoms with Crippen LogP contribution in [0.3, 0.4) is 0 Å². The van der Waals surface area contributed by atoms with Gasteiger partial charge in [-0.2, -0.15) is 0 Å². The monoisotopic (exact) mass is 690 g/mol. The Labute approximate surface area is 278 Å². The Kier molecular flexibility index (Phi) is 40.1. The van der Waals surface area contributed by atoms with Gasteiger partial charge in [-0.05, 0) is 12.8 Å². The van der Waals surface area contributed by atoms with Gasteiger partial charge in [-0.1, -0.05) is 51.7 Å². The smallest absolute Gasteiger partial charge is 0.314 e. The maximum atomic E-state index is 10.0. The summed E-state index contributed by atoms with van der Waals surface area (Å²) in [6.45, 7) is 15.1. The van der Waals surface area contributed by atoms with Crippen molar-refractivity contribution in [3.05, 3.63) is 0 Å². The molecule has 2 unspecified atom stereocenters. The Morgan fingerprint density at radius 1 is 0.521 bits per heavy atom. The molecule has 0 aromatic heterocycles. The summed E-state index contributed by atoms with van der Waals surface area (Å²) in [5.41, 5.74) is 0. The van der Waals surface area contributed by atoms with Crippen molar-refractivity contribution in [1.82, 2.24) is 0 Å². The molecule has 0 radical (unpaired) electrons. The van der Waals surface area contributed by atoms with Crippen LogP contribution in [0.4, 0.5) is 0 Å². The lowest BCUT2D eigenvalue weighted by Gasteiger charge is -1.81. The normalized spacial score (nSPS) is 19.0. The van der Waals surface area contributed by atoms with Gasteiger partial charge >= 0.3 is 35.8 Å². The second-order valence-corrected chi connectivity index (χ2v) is 7.74. The van der Waals surface area contributed by atoms with Gasteiger partial charge in [0.2, 0.25) is 0 Å². The summed E-state index contributed by atoms with van der Waals surface area (Å²) in [7, 11) is 0. The molecule has 6 saturated heterocycles. The predicted molar refractivity (Wildman–Crippen MR) is 163 cm³/mol. The van der Waals surface area contributed by atoms with Crippen molar-refractivity contribution in [2.45, 2.75) is 105 Å². The highest BCUT2D eigenvalue weighted by atomic mass is 16.7. The molecule has 272 valence electrons. The second kappa shape index (κ2) is 38.4. The molecule has 0 aromatic carbocycles. The summed E-state index contributed by atoms with van der Waals surface area (Å²) in [5, 5.41) is 4.97. The number of hydrogen-bond donors (Lipinski definition) is 0. The lowest BCUT2D eigenvalue weighted by atomic mass is 10.4. The van der Waals surface area contributed by atoms with E-state index in [0.29, 0.717) is 38.3 Å². The van der Waals surface area contributed by atoms with Crippen LogP contribution < -0.4 is 0 Å². The van der Waals surface area contributed by atoms with E-state index in [-0.39, 0.29) is 50.2 Å². The van der Waals surface area contributed by atoms with Crippen LogP contribution in [0.25, 0.3) is 0 Å². The molecule has 0 amide bonds. The molecule has 18 heteroatoms. The first-order chi connectivity index (χ1) is 23.2. The van der Waals surface area contributed by atoms with Crippen LogP contribution in [0.2, 0.25) is 0 Å². The first-order valence-electron chi connectivity index (χ1n) is 15.2. The molecule has 6 heterocycles. The summed E-state index contributed by atoms with van der Waals surface area (Å²) in [5.74, 6) is -1.69. The number of cyclic esters (lactones) is 6. The largest absolute Gasteiger partial charge is 0.466 e. The summed E-state index contributed by atoms with van der Waals surface area (Å²) in [4.78, 5) is 95.7. The Morgan fingerprint density at radius 2 is 0.792 bits per heavy atom. The van der Waals surface area contributed by atoms with E-state index in [4.69, 9.17) is 28.7 Å². The van der Waals surface area contributed by atoms with Crippen LogP contribution in [-0.4, -0.2) is 99.2 Å². The van der Waals surface area contributed by atoms with Gasteiger partial charge in [0.05, 0.1) is 52.1 Å². The number of epoxide rings is 2. The van der Waals surface area contributed by atoms with E-state index in [1.54, 1.807) is 0 Å². The molecule has 0 bridgehead atoms. The van der Waals surface area contributed by atoms with Crippen LogP contribution in [0.15, 0.2) is 10.2 Å². The van der Waals surface area contributed by atoms with E-state index in [9.17, 15) is 28.8 Å². The fraction of sp³-hybridized carbons (Fsp3) is 0.667. The van der Waals surface area contributed by atoms with Crippen molar-refractivity contribution in [3.63, 3.8) is 0 Å². The Balaban J connectivity index is -0.000000230. The molecular formula is C30H46N2O16. The van der Waals surface area contributed by atoms with Crippen LogP contribution in [0.5, 0.6) is 0 Å². The lowest BCUT2D eigenvalue weighted by Crippen LogP contribution is -1.95. The SMILES string of the molecule is C1OC1C1CO1.CC.CC.CC.O=C1CCC(=O)O1.O=C1CCC(=O)O1.O=C1CCCO1.O=C1CCCO1.O=C=NN=C=O.O=CC=O. The molecule has 6 rings (SSSR count). The Hall–Kier alpha value is -4.76. The van der Waals surface area contributed by atoms with Gasteiger partial charge < -0.3 is 28.4 Å². The highest BCUT2D eigenvalue weighted by Gasteiger charge is 2.41. The second-order valence-electron chi connectivity index (χ2n) is 7.74. The maximum Gasteiger partial charge on any atom is 0.314 e. The minimum Gasteiger partial charge on any atom is -0.466 e. The van der Waals surface area contributed by atoms with Crippen LogP contribution in [0.1, 0.15) is 92.9 Å². The molecule has 18 nitrogen and oxygen atoms in total. The van der Waals surface area contributed by atoms with Crippen molar-refractivity contribution in [1.29, 1.82) is 0 Å². The highest BCUT2D eigenvalue weighted by Crippen LogP contribution is 2.25. The van der Waals surface area contributed by atoms with E-state index < -0.39 is 23.9 Å². The molecule has 0 saturated carbocycles. The van der Waals surface area contributed by atoms with Gasteiger partial charge in [0.25, 0.3) is 12.2 Å². The number of nitrogens with zero attached hydrogens (tertiary/aromatic N) is 2. The minimum absolute atomic E-state index is 0.0463. The fourth-order valence-electron chi connectivity index (χ4n) is 2.40. The van der Waals surface area contributed by atoms with Crippen LogP contribution in [0, 0.1) is 0 Å². The van der Waals surface area contributed by atoms with Crippen LogP contribution in [-0.2, 0) is 76.4 Å². The third-order valence-corrected chi connectivity index (χ3v) is 4.42. The molecule has 2 atom stereocenters. The molecule has 6 aliphatic heterocycles. The van der Waals surface area contributed by atoms with E-state index in [2.05, 4.69) is 29.2 Å². The number of rotatable bonds is 3. The molecule has 0 aliphatic carbocycles. The van der Waals surface area contributed by atoms with Gasteiger partial charge in [-0.15, -0.1) is 0 Å². The molecule has 48 heavy (non-hydrogen) atoms. The van der Waals surface area contributed by atoms with E-state index >= 15 is 0 Å². The Bertz CT molecular complexity index is 916. The summed E-state index contributed by atoms with van der Waals surface area (Å²) < 4.78 is 27.0. The van der Waals surface area contributed by atoms with Gasteiger partial charge in [-0.25, -0.2) is 9.59 Å². The number of carbonyl (C=O) groups excluding carboxylic acids is 10. The summed E-state index contributed by atoms with van der Waals surface area (Å²) in [6, 6.07) is 0. The number of carbonyl (C=O) groups is 8. The van der Waals surface area contributed by atoms with Gasteiger partial charge in [0.15, 0.2) is 12.6 Å². The first-order valence-corrected chi connectivity index (χ1v) is 15.2. The summed E-state index contributed by atoms with van der Waals surface area (Å²) >= 11 is 0. The number of esters is 6. The third kappa shape index (κ3) is 39.3. The van der Waals surface area contributed by atoms with E-state index in [1.807, 2.05) is 41.5 Å². The third-order valence-electron chi connectivity index (χ3n) is 4.42. The average molecular weight is 691 g/mol. The molecule has 6 aliphatic rings. The van der Waals surface area contributed by atoms with Crippen molar-refractivity contribution in [2.75, 3.05) is 26.4 Å². The van der Waals surface area contributed by atoms with Crippen molar-refractivity contribution < 1.29 is 76.4 Å². The minimum atomic E-state index is -0.398. The highest BCUT2D eigenvalue weighted by molar-refractivity contribution is 6.09. The van der Waals surface area contributed by atoms with Gasteiger partial charge in [-0.3, -0.25) is 38.4 Å². The zero-order valence-electron chi connectivity index (χ0n) is 28.2. The molecule has 0 aromatic rings. The predicted octanol–water partition coefficient (Wildman–Crippen LogP) is 2.17. The van der Waals surface area contributed by atoms with E-state index in [1.165, 1.54) is 0 Å². The average Bonchev–Trinajstić information content (AvgIpc) is 3.96. The maximum absolute atomic E-state index is 10.0. The number of ether oxygens (including phenoxy) is 6. The lowest BCUT2D eigenvalue weighted by molar-refractivity contribution is -0.153. The van der Waals surface area contributed by atoms with Crippen molar-refractivity contribution in [2.24, 2.45) is 10.2 Å². The standard InChI is InChI=1S/2C4H4O3.3C4H6O2.C2N2O2.C2H2O2.3C2H6/c2*5-3-1-2-4(6)7-3;1-3(5-1)4-2-6-4;2*5-4-2-1-3-6-4;5-1-3-4-2-6;3-1-2-4;3*1-2/h2*1-2H2;3-4H,1-2H2;2*1-3H2;;1-2H;3*1-2H3. The molecule has 6 fully saturated rings. The number of aldehydes is 2.